The summed E-state index contributed by atoms with van der Waals surface area (Å²) in [7, 11) is 2.00. The lowest BCUT2D eigenvalue weighted by molar-refractivity contribution is -0.192. The van der Waals surface area contributed by atoms with Gasteiger partial charge in [-0.1, -0.05) is 0 Å². The van der Waals surface area contributed by atoms with Crippen molar-refractivity contribution in [3.05, 3.63) is 11.3 Å². The zero-order valence-electron chi connectivity index (χ0n) is 17.1. The Bertz CT molecular complexity index is 839. The first-order valence-corrected chi connectivity index (χ1v) is 9.86. The molecule has 4 aliphatic rings. The van der Waals surface area contributed by atoms with Crippen LogP contribution in [0.25, 0.3) is 0 Å². The van der Waals surface area contributed by atoms with Crippen molar-refractivity contribution < 1.29 is 47.3 Å². The van der Waals surface area contributed by atoms with E-state index in [4.69, 9.17) is 14.6 Å². The highest BCUT2D eigenvalue weighted by atomic mass is 19.4. The van der Waals surface area contributed by atoms with E-state index in [1.807, 2.05) is 7.05 Å². The Kier molecular flexibility index (Phi) is 6.64. The van der Waals surface area contributed by atoms with Crippen LogP contribution in [0.4, 0.5) is 18.0 Å². The Morgan fingerprint density at radius 2 is 1.75 bits per heavy atom. The van der Waals surface area contributed by atoms with E-state index in [0.717, 1.165) is 19.5 Å². The average molecular weight is 464 g/mol. The summed E-state index contributed by atoms with van der Waals surface area (Å²) in [5.41, 5.74) is 0.573. The number of carboxylic acids is 2. The molecule has 32 heavy (non-hydrogen) atoms. The topological polar surface area (TPSA) is 140 Å². The van der Waals surface area contributed by atoms with Crippen molar-refractivity contribution in [1.82, 2.24) is 20.0 Å². The minimum absolute atomic E-state index is 0.00567. The van der Waals surface area contributed by atoms with E-state index in [1.165, 1.54) is 4.90 Å². The van der Waals surface area contributed by atoms with Crippen LogP contribution in [0, 0.1) is 5.92 Å². The maximum Gasteiger partial charge on any atom is 0.490 e. The number of aliphatic carboxylic acids is 2. The number of nitrogens with one attached hydrogen (secondary N) is 1. The first kappa shape index (κ1) is 23.8. The van der Waals surface area contributed by atoms with Gasteiger partial charge in [0, 0.05) is 37.7 Å². The van der Waals surface area contributed by atoms with Crippen LogP contribution in [-0.4, -0.2) is 113 Å². The Balaban J connectivity index is 0.000000360. The molecule has 0 saturated carbocycles. The van der Waals surface area contributed by atoms with E-state index in [9.17, 15) is 32.7 Å². The highest BCUT2D eigenvalue weighted by Crippen LogP contribution is 2.46. The molecule has 14 heteroatoms. The number of carbonyl (C=O) groups is 4. The van der Waals surface area contributed by atoms with Crippen molar-refractivity contribution in [3.8, 4) is 0 Å². The molecule has 3 saturated heterocycles. The molecule has 4 aliphatic heterocycles. The second-order valence-electron chi connectivity index (χ2n) is 7.85. The Labute approximate surface area is 180 Å². The van der Waals surface area contributed by atoms with Gasteiger partial charge in [0.2, 0.25) is 5.91 Å². The molecule has 178 valence electrons. The number of rotatable bonds is 3. The summed E-state index contributed by atoms with van der Waals surface area (Å²) in [6.45, 7) is 3.38. The Morgan fingerprint density at radius 1 is 1.16 bits per heavy atom. The average Bonchev–Trinajstić information content (AvgIpc) is 3.05. The summed E-state index contributed by atoms with van der Waals surface area (Å²) < 4.78 is 37.2. The molecule has 11 nitrogen and oxygen atoms in total. The van der Waals surface area contributed by atoms with Crippen LogP contribution in [0.2, 0.25) is 0 Å². The fourth-order valence-electron chi connectivity index (χ4n) is 4.30. The fraction of sp³-hybridized carbons (Fsp3) is 0.667. The predicted molar refractivity (Wildman–Crippen MR) is 99.3 cm³/mol. The largest absolute Gasteiger partial charge is 0.490 e. The Hall–Kier alpha value is -2.87. The molecule has 0 aliphatic carbocycles. The first-order valence-electron chi connectivity index (χ1n) is 9.86. The molecule has 3 N–H and O–H groups in total. The van der Waals surface area contributed by atoms with Gasteiger partial charge in [-0.15, -0.1) is 0 Å². The summed E-state index contributed by atoms with van der Waals surface area (Å²) in [4.78, 5) is 50.2. The van der Waals surface area contributed by atoms with Crippen molar-refractivity contribution in [1.29, 1.82) is 0 Å². The van der Waals surface area contributed by atoms with Crippen LogP contribution < -0.4 is 5.32 Å². The molecule has 1 unspecified atom stereocenters. The highest BCUT2D eigenvalue weighted by molar-refractivity contribution is 6.01. The van der Waals surface area contributed by atoms with Gasteiger partial charge in [0.15, 0.2) is 0 Å². The van der Waals surface area contributed by atoms with Crippen LogP contribution in [-0.2, 0) is 19.1 Å². The van der Waals surface area contributed by atoms with Gasteiger partial charge in [-0.05, 0) is 20.0 Å². The number of amides is 2. The summed E-state index contributed by atoms with van der Waals surface area (Å²) in [5.74, 6) is -4.14. The number of nitrogens with zero attached hydrogens (tertiary/aromatic N) is 3. The van der Waals surface area contributed by atoms with E-state index in [1.54, 1.807) is 4.90 Å². The number of halogens is 3. The van der Waals surface area contributed by atoms with Crippen molar-refractivity contribution in [2.45, 2.75) is 24.7 Å². The van der Waals surface area contributed by atoms with Gasteiger partial charge in [0.25, 0.3) is 0 Å². The molecule has 3 atom stereocenters. The predicted octanol–water partition coefficient (Wildman–Crippen LogP) is -0.455. The fourth-order valence-corrected chi connectivity index (χ4v) is 4.30. The molecule has 0 spiro atoms. The number of carboxylic acid groups (broad SMARTS) is 2. The number of hydrogen-bond donors (Lipinski definition) is 3. The lowest BCUT2D eigenvalue weighted by atomic mass is 9.79. The molecular formula is C18H23F3N4O7. The molecular weight excluding hydrogens is 441 g/mol. The van der Waals surface area contributed by atoms with Gasteiger partial charge in [0.05, 0.1) is 6.04 Å². The Morgan fingerprint density at radius 3 is 2.28 bits per heavy atom. The van der Waals surface area contributed by atoms with Crippen LogP contribution >= 0.6 is 0 Å². The molecule has 2 amide bonds. The maximum absolute atomic E-state index is 12.3. The summed E-state index contributed by atoms with van der Waals surface area (Å²) in [6.07, 6.45) is -4.76. The third-order valence-corrected chi connectivity index (χ3v) is 5.93. The maximum atomic E-state index is 12.3. The van der Waals surface area contributed by atoms with Gasteiger partial charge in [0.1, 0.15) is 18.3 Å². The molecule has 0 radical (unpaired) electrons. The minimum Gasteiger partial charge on any atom is -0.477 e. The van der Waals surface area contributed by atoms with Crippen LogP contribution in [0.1, 0.15) is 6.42 Å². The molecule has 4 rings (SSSR count). The number of carbonyl (C=O) groups excluding carboxylic acids is 2. The molecule has 3 fully saturated rings. The van der Waals surface area contributed by atoms with Gasteiger partial charge < -0.3 is 30.1 Å². The van der Waals surface area contributed by atoms with Crippen molar-refractivity contribution >= 4 is 23.9 Å². The second kappa shape index (κ2) is 8.94. The van der Waals surface area contributed by atoms with E-state index in [-0.39, 0.29) is 36.2 Å². The van der Waals surface area contributed by atoms with Gasteiger partial charge >= 0.3 is 24.2 Å². The molecule has 0 aromatic rings. The van der Waals surface area contributed by atoms with Crippen LogP contribution in [0.5, 0.6) is 0 Å². The zero-order valence-corrected chi connectivity index (χ0v) is 17.1. The second-order valence-corrected chi connectivity index (χ2v) is 7.85. The minimum atomic E-state index is -5.08. The summed E-state index contributed by atoms with van der Waals surface area (Å²) in [5, 5.41) is 19.8. The number of ether oxygens (including phenoxy) is 1. The van der Waals surface area contributed by atoms with Crippen molar-refractivity contribution in [2.24, 2.45) is 5.92 Å². The third kappa shape index (κ3) is 4.50. The number of likely N-dealkylation sites (N-methyl/N-ethyl adjacent to an activating group) is 1. The van der Waals surface area contributed by atoms with E-state index in [0.29, 0.717) is 25.2 Å². The lowest BCUT2D eigenvalue weighted by Gasteiger charge is -2.48. The quantitative estimate of drug-likeness (QED) is 0.474. The van der Waals surface area contributed by atoms with Crippen LogP contribution in [0.3, 0.4) is 0 Å². The number of piperidine rings is 1. The highest BCUT2D eigenvalue weighted by Gasteiger charge is 2.61. The van der Waals surface area contributed by atoms with Gasteiger partial charge in [-0.25, -0.2) is 14.4 Å². The van der Waals surface area contributed by atoms with Crippen molar-refractivity contribution in [2.75, 3.05) is 46.4 Å². The molecule has 4 heterocycles. The van der Waals surface area contributed by atoms with Gasteiger partial charge in [-0.3, -0.25) is 9.69 Å². The zero-order chi connectivity index (χ0) is 23.8. The van der Waals surface area contributed by atoms with Crippen molar-refractivity contribution in [3.63, 3.8) is 0 Å². The molecule has 0 aromatic heterocycles. The smallest absolute Gasteiger partial charge is 0.477 e. The number of alkyl halides is 3. The third-order valence-electron chi connectivity index (χ3n) is 5.93. The SMILES string of the molecule is CN1CCN(C(=O)OCC2=C(C(=O)O)N3C(=O)[C@H]4NCCC2[C@H]43)CC1.O=C(O)C(F)(F)F. The molecule has 0 aromatic carbocycles. The summed E-state index contributed by atoms with van der Waals surface area (Å²) >= 11 is 0. The van der Waals surface area contributed by atoms with Gasteiger partial charge in [-0.2, -0.15) is 13.2 Å². The van der Waals surface area contributed by atoms with Crippen LogP contribution in [0.15, 0.2) is 11.3 Å². The normalized spacial score (nSPS) is 27.2. The first-order chi connectivity index (χ1) is 14.9. The van der Waals surface area contributed by atoms with E-state index < -0.39 is 24.2 Å². The number of piperazine rings is 1. The monoisotopic (exact) mass is 464 g/mol. The van der Waals surface area contributed by atoms with E-state index >= 15 is 0 Å². The standard InChI is InChI=1S/C16H22N4O5.C2HF3O2/c1-18-4-6-19(7-5-18)16(24)25-8-10-9-2-3-17-11-12(9)20(14(11)21)13(10)15(22)23;3-2(4,5)1(6)7/h9,11-12,17H,2-8H2,1H3,(H,22,23);(H,6,7)/t9?,11-,12+;/m0./s1. The lowest BCUT2D eigenvalue weighted by Crippen LogP contribution is -2.72. The van der Waals surface area contributed by atoms with E-state index in [2.05, 4.69) is 10.2 Å². The summed E-state index contributed by atoms with van der Waals surface area (Å²) in [6, 6.07) is -0.455. The number of β-lactam (4-membered cyclic amide) rings is 1. The molecule has 0 bridgehead atoms. The number of hydrogen-bond acceptors (Lipinski definition) is 7.